The highest BCUT2D eigenvalue weighted by Gasteiger charge is 2.22. The van der Waals surface area contributed by atoms with Crippen LogP contribution in [0.2, 0.25) is 0 Å². The summed E-state index contributed by atoms with van der Waals surface area (Å²) in [5.74, 6) is -0.763. The van der Waals surface area contributed by atoms with Crippen molar-refractivity contribution >= 4 is 23.1 Å². The van der Waals surface area contributed by atoms with Gasteiger partial charge in [0.2, 0.25) is 0 Å². The van der Waals surface area contributed by atoms with Crippen molar-refractivity contribution in [2.75, 3.05) is 7.11 Å². The number of aromatic nitrogens is 1. The molecule has 2 aromatic rings. The fraction of sp³-hybridized carbons (Fsp3) is 0.267. The van der Waals surface area contributed by atoms with E-state index in [4.69, 9.17) is 0 Å². The molecule has 1 aromatic carbocycles. The van der Waals surface area contributed by atoms with Gasteiger partial charge in [0.05, 0.1) is 7.11 Å². The molecule has 20 heavy (non-hydrogen) atoms. The van der Waals surface area contributed by atoms with Gasteiger partial charge in [0.25, 0.3) is 0 Å². The van der Waals surface area contributed by atoms with Crippen molar-refractivity contribution < 1.29 is 14.3 Å². The Kier molecular flexibility index (Phi) is 3.99. The van der Waals surface area contributed by atoms with Crippen molar-refractivity contribution in [2.24, 2.45) is 0 Å². The molecule has 1 aromatic heterocycles. The monoisotopic (exact) mass is 289 g/mol. The van der Waals surface area contributed by atoms with Crippen LogP contribution in [-0.2, 0) is 4.74 Å². The van der Waals surface area contributed by atoms with Gasteiger partial charge in [-0.2, -0.15) is 0 Å². The van der Waals surface area contributed by atoms with Gasteiger partial charge in [-0.3, -0.25) is 4.79 Å². The van der Waals surface area contributed by atoms with Gasteiger partial charge < -0.3 is 4.74 Å². The highest BCUT2D eigenvalue weighted by molar-refractivity contribution is 7.17. The van der Waals surface area contributed by atoms with Crippen LogP contribution < -0.4 is 0 Å². The number of Topliss-reactive ketones (excluding diaryl/α,β-unsaturated/α-hetero) is 1. The van der Waals surface area contributed by atoms with Gasteiger partial charge >= 0.3 is 5.97 Å². The number of benzene rings is 1. The van der Waals surface area contributed by atoms with Gasteiger partial charge in [0, 0.05) is 12.5 Å². The number of nitrogens with zero attached hydrogens (tertiary/aromatic N) is 1. The van der Waals surface area contributed by atoms with Crippen LogP contribution in [0.1, 0.15) is 38.2 Å². The van der Waals surface area contributed by atoms with Gasteiger partial charge in [-0.1, -0.05) is 17.2 Å². The second kappa shape index (κ2) is 5.54. The summed E-state index contributed by atoms with van der Waals surface area (Å²) >= 11 is 1.22. The standard InChI is InChI=1S/C15H15NO3S/c1-8-5-9(2)7-11(6-8)14-16-12(15(18)19-4)13(20-14)10(3)17/h5-7H,1-4H3. The topological polar surface area (TPSA) is 56.3 Å². The minimum Gasteiger partial charge on any atom is -0.464 e. The predicted octanol–water partition coefficient (Wildman–Crippen LogP) is 3.42. The van der Waals surface area contributed by atoms with Crippen LogP contribution in [0.3, 0.4) is 0 Å². The molecule has 2 rings (SSSR count). The fourth-order valence-corrected chi connectivity index (χ4v) is 2.95. The van der Waals surface area contributed by atoms with Gasteiger partial charge in [-0.05, 0) is 26.0 Å². The van der Waals surface area contributed by atoms with E-state index in [-0.39, 0.29) is 11.5 Å². The van der Waals surface area contributed by atoms with Crippen molar-refractivity contribution in [2.45, 2.75) is 20.8 Å². The van der Waals surface area contributed by atoms with Crippen molar-refractivity contribution in [3.05, 3.63) is 39.9 Å². The minimum atomic E-state index is -0.581. The molecule has 0 spiro atoms. The summed E-state index contributed by atoms with van der Waals surface area (Å²) in [5.41, 5.74) is 3.22. The van der Waals surface area contributed by atoms with E-state index in [0.29, 0.717) is 9.88 Å². The molecule has 0 bridgehead atoms. The maximum absolute atomic E-state index is 11.7. The third kappa shape index (κ3) is 2.77. The highest BCUT2D eigenvalue weighted by Crippen LogP contribution is 2.30. The first-order chi connectivity index (χ1) is 9.42. The average Bonchev–Trinajstić information content (AvgIpc) is 2.81. The average molecular weight is 289 g/mol. The summed E-state index contributed by atoms with van der Waals surface area (Å²) < 4.78 is 4.68. The molecule has 5 heteroatoms. The number of hydrogen-bond donors (Lipinski definition) is 0. The number of aryl methyl sites for hydroxylation is 2. The van der Waals surface area contributed by atoms with Crippen LogP contribution >= 0.6 is 11.3 Å². The molecule has 0 aliphatic rings. The van der Waals surface area contributed by atoms with Gasteiger partial charge in [0.15, 0.2) is 11.5 Å². The van der Waals surface area contributed by atoms with E-state index in [1.165, 1.54) is 25.4 Å². The zero-order valence-corrected chi connectivity index (χ0v) is 12.6. The number of hydrogen-bond acceptors (Lipinski definition) is 5. The lowest BCUT2D eigenvalue weighted by atomic mass is 10.1. The number of rotatable bonds is 3. The normalized spacial score (nSPS) is 10.4. The Morgan fingerprint density at radius 3 is 2.25 bits per heavy atom. The van der Waals surface area contributed by atoms with Crippen molar-refractivity contribution in [1.82, 2.24) is 4.98 Å². The second-order valence-electron chi connectivity index (χ2n) is 4.62. The molecule has 0 amide bonds. The van der Waals surface area contributed by atoms with Crippen molar-refractivity contribution in [3.63, 3.8) is 0 Å². The first-order valence-electron chi connectivity index (χ1n) is 6.11. The second-order valence-corrected chi connectivity index (χ2v) is 5.62. The van der Waals surface area contributed by atoms with Crippen LogP contribution in [0.5, 0.6) is 0 Å². The Hall–Kier alpha value is -2.01. The maximum Gasteiger partial charge on any atom is 0.358 e. The molecule has 0 N–H and O–H groups in total. The predicted molar refractivity (Wildman–Crippen MR) is 78.4 cm³/mol. The smallest absolute Gasteiger partial charge is 0.358 e. The summed E-state index contributed by atoms with van der Waals surface area (Å²) in [4.78, 5) is 27.9. The van der Waals surface area contributed by atoms with Crippen LogP contribution in [0.4, 0.5) is 0 Å². The molecule has 0 saturated heterocycles. The number of carbonyl (C=O) groups is 2. The number of ketones is 1. The Morgan fingerprint density at radius 1 is 1.15 bits per heavy atom. The molecule has 0 radical (unpaired) electrons. The lowest BCUT2D eigenvalue weighted by molar-refractivity contribution is 0.0591. The molecular formula is C15H15NO3S. The number of methoxy groups -OCH3 is 1. The summed E-state index contributed by atoms with van der Waals surface area (Å²) in [5, 5.41) is 0.655. The Bertz CT molecular complexity index is 668. The lowest BCUT2D eigenvalue weighted by Crippen LogP contribution is -2.06. The maximum atomic E-state index is 11.7. The van der Waals surface area contributed by atoms with E-state index in [2.05, 4.69) is 15.8 Å². The van der Waals surface area contributed by atoms with Crippen molar-refractivity contribution in [1.29, 1.82) is 0 Å². The quantitative estimate of drug-likeness (QED) is 0.641. The summed E-state index contributed by atoms with van der Waals surface area (Å²) in [7, 11) is 1.28. The molecular weight excluding hydrogens is 274 g/mol. The number of ether oxygens (including phenoxy) is 1. The molecule has 4 nitrogen and oxygen atoms in total. The van der Waals surface area contributed by atoms with Crippen LogP contribution in [-0.4, -0.2) is 23.8 Å². The van der Waals surface area contributed by atoms with Gasteiger partial charge in [-0.25, -0.2) is 9.78 Å². The number of carbonyl (C=O) groups excluding carboxylic acids is 2. The molecule has 1 heterocycles. The Labute approximate surface area is 121 Å². The van der Waals surface area contributed by atoms with Gasteiger partial charge in [0.1, 0.15) is 9.88 Å². The fourth-order valence-electron chi connectivity index (χ4n) is 2.02. The highest BCUT2D eigenvalue weighted by atomic mass is 32.1. The Balaban J connectivity index is 2.58. The lowest BCUT2D eigenvalue weighted by Gasteiger charge is -2.01. The zero-order chi connectivity index (χ0) is 14.9. The van der Waals surface area contributed by atoms with Crippen molar-refractivity contribution in [3.8, 4) is 10.6 Å². The molecule has 0 unspecified atom stereocenters. The Morgan fingerprint density at radius 2 is 1.75 bits per heavy atom. The largest absolute Gasteiger partial charge is 0.464 e. The zero-order valence-electron chi connectivity index (χ0n) is 11.8. The summed E-state index contributed by atoms with van der Waals surface area (Å²) in [6.45, 7) is 5.42. The summed E-state index contributed by atoms with van der Waals surface area (Å²) in [6, 6.07) is 6.03. The van der Waals surface area contributed by atoms with Gasteiger partial charge in [-0.15, -0.1) is 11.3 Å². The van der Waals surface area contributed by atoms with Crippen LogP contribution in [0, 0.1) is 13.8 Å². The first-order valence-corrected chi connectivity index (χ1v) is 6.92. The van der Waals surface area contributed by atoms with E-state index in [1.807, 2.05) is 26.0 Å². The third-order valence-electron chi connectivity index (χ3n) is 2.79. The van der Waals surface area contributed by atoms with E-state index >= 15 is 0 Å². The van der Waals surface area contributed by atoms with E-state index in [1.54, 1.807) is 0 Å². The molecule has 0 saturated carbocycles. The minimum absolute atomic E-state index is 0.0964. The SMILES string of the molecule is COC(=O)c1nc(-c2cc(C)cc(C)c2)sc1C(C)=O. The molecule has 104 valence electrons. The molecule has 0 atom stereocenters. The van der Waals surface area contributed by atoms with E-state index in [0.717, 1.165) is 16.7 Å². The summed E-state index contributed by atoms with van der Waals surface area (Å²) in [6.07, 6.45) is 0. The number of thiazole rings is 1. The molecule has 0 fully saturated rings. The van der Waals surface area contributed by atoms with Crippen LogP contribution in [0.25, 0.3) is 10.6 Å². The van der Waals surface area contributed by atoms with E-state index < -0.39 is 5.97 Å². The van der Waals surface area contributed by atoms with E-state index in [9.17, 15) is 9.59 Å². The number of esters is 1. The first kappa shape index (κ1) is 14.4. The molecule has 0 aliphatic carbocycles. The molecule has 0 aliphatic heterocycles. The third-order valence-corrected chi connectivity index (χ3v) is 4.00. The van der Waals surface area contributed by atoms with Crippen LogP contribution in [0.15, 0.2) is 18.2 Å².